The SMILES string of the molecule is COc1ccc(/C(O)=C2/C(=O)C(=O)N(CCOC(C)C)C2c2cccs2)cc1OC. The Morgan fingerprint density at radius 1 is 1.17 bits per heavy atom. The molecule has 1 N–H and O–H groups in total. The Labute approximate surface area is 179 Å². The summed E-state index contributed by atoms with van der Waals surface area (Å²) in [5.41, 5.74) is 0.421. The standard InChI is InChI=1S/C22H25NO6S/c1-13(2)29-10-9-23-19(17-6-5-11-30-17)18(21(25)22(23)26)20(24)14-7-8-15(27-3)16(12-14)28-4/h5-8,11-13,19,24H,9-10H2,1-4H3/b20-18-. The van der Waals surface area contributed by atoms with Gasteiger partial charge in [0, 0.05) is 17.0 Å². The average molecular weight is 432 g/mol. The Balaban J connectivity index is 2.06. The molecule has 2 heterocycles. The molecule has 0 spiro atoms. The Hall–Kier alpha value is -2.84. The number of nitrogens with zero attached hydrogens (tertiary/aromatic N) is 1. The van der Waals surface area contributed by atoms with E-state index in [9.17, 15) is 14.7 Å². The molecule has 30 heavy (non-hydrogen) atoms. The highest BCUT2D eigenvalue weighted by Gasteiger charge is 2.46. The number of carbonyl (C=O) groups excluding carboxylic acids is 2. The van der Waals surface area contributed by atoms with Gasteiger partial charge in [0.1, 0.15) is 5.76 Å². The van der Waals surface area contributed by atoms with E-state index in [0.717, 1.165) is 4.88 Å². The Kier molecular flexibility index (Phi) is 6.79. The van der Waals surface area contributed by atoms with Gasteiger partial charge in [0.15, 0.2) is 11.5 Å². The van der Waals surface area contributed by atoms with Gasteiger partial charge in [0.25, 0.3) is 11.7 Å². The summed E-state index contributed by atoms with van der Waals surface area (Å²) in [5.74, 6) is -0.711. The third-order valence-corrected chi connectivity index (χ3v) is 5.72. The van der Waals surface area contributed by atoms with Gasteiger partial charge < -0.3 is 24.2 Å². The van der Waals surface area contributed by atoms with Crippen LogP contribution in [0.25, 0.3) is 5.76 Å². The minimum absolute atomic E-state index is 0.00812. The second-order valence-electron chi connectivity index (χ2n) is 7.00. The third kappa shape index (κ3) is 4.20. The van der Waals surface area contributed by atoms with Gasteiger partial charge in [-0.2, -0.15) is 0 Å². The number of likely N-dealkylation sites (tertiary alicyclic amines) is 1. The average Bonchev–Trinajstić information content (AvgIpc) is 3.35. The van der Waals surface area contributed by atoms with Crippen molar-refractivity contribution in [3.63, 3.8) is 0 Å². The predicted molar refractivity (Wildman–Crippen MR) is 114 cm³/mol. The molecule has 1 aliphatic heterocycles. The Morgan fingerprint density at radius 2 is 1.90 bits per heavy atom. The molecule has 1 unspecified atom stereocenters. The van der Waals surface area contributed by atoms with Crippen LogP contribution in [0.1, 0.15) is 30.3 Å². The molecular weight excluding hydrogens is 406 g/mol. The number of rotatable bonds is 8. The van der Waals surface area contributed by atoms with Crippen molar-refractivity contribution >= 4 is 28.8 Å². The van der Waals surface area contributed by atoms with E-state index < -0.39 is 17.7 Å². The first-order valence-electron chi connectivity index (χ1n) is 9.54. The monoisotopic (exact) mass is 431 g/mol. The molecular formula is C22H25NO6S. The van der Waals surface area contributed by atoms with Gasteiger partial charge in [0.05, 0.1) is 38.5 Å². The summed E-state index contributed by atoms with van der Waals surface area (Å²) in [4.78, 5) is 28.0. The molecule has 3 rings (SSSR count). The smallest absolute Gasteiger partial charge is 0.295 e. The molecule has 2 aromatic rings. The zero-order valence-electron chi connectivity index (χ0n) is 17.4. The first kappa shape index (κ1) is 21.9. The highest BCUT2D eigenvalue weighted by atomic mass is 32.1. The van der Waals surface area contributed by atoms with E-state index in [1.54, 1.807) is 18.2 Å². The third-order valence-electron chi connectivity index (χ3n) is 4.79. The molecule has 0 saturated carbocycles. The molecule has 1 aliphatic rings. The summed E-state index contributed by atoms with van der Waals surface area (Å²) < 4.78 is 16.1. The van der Waals surface area contributed by atoms with E-state index in [-0.39, 0.29) is 24.0 Å². The topological polar surface area (TPSA) is 85.3 Å². The number of amides is 1. The fraction of sp³-hybridized carbons (Fsp3) is 0.364. The number of Topliss-reactive ketones (excluding diaryl/α,β-unsaturated/α-hetero) is 1. The van der Waals surface area contributed by atoms with Crippen LogP contribution >= 0.6 is 11.3 Å². The lowest BCUT2D eigenvalue weighted by Gasteiger charge is -2.24. The molecule has 1 saturated heterocycles. The zero-order chi connectivity index (χ0) is 21.8. The maximum Gasteiger partial charge on any atom is 0.295 e. The van der Waals surface area contributed by atoms with Crippen LogP contribution in [0, 0.1) is 0 Å². The van der Waals surface area contributed by atoms with Crippen molar-refractivity contribution < 1.29 is 28.9 Å². The van der Waals surface area contributed by atoms with Gasteiger partial charge in [-0.3, -0.25) is 9.59 Å². The van der Waals surface area contributed by atoms with E-state index in [1.807, 2.05) is 31.4 Å². The largest absolute Gasteiger partial charge is 0.507 e. The molecule has 1 aromatic heterocycles. The van der Waals surface area contributed by atoms with Gasteiger partial charge in [0.2, 0.25) is 0 Å². The van der Waals surface area contributed by atoms with Gasteiger partial charge >= 0.3 is 0 Å². The maximum absolute atomic E-state index is 12.9. The molecule has 1 fully saturated rings. The summed E-state index contributed by atoms with van der Waals surface area (Å²) in [6.45, 7) is 4.35. The number of thiophene rings is 1. The number of aliphatic hydroxyl groups excluding tert-OH is 1. The van der Waals surface area contributed by atoms with Crippen LogP contribution < -0.4 is 9.47 Å². The van der Waals surface area contributed by atoms with Gasteiger partial charge in [-0.05, 0) is 43.5 Å². The van der Waals surface area contributed by atoms with E-state index >= 15 is 0 Å². The fourth-order valence-electron chi connectivity index (χ4n) is 3.38. The summed E-state index contributed by atoms with van der Waals surface area (Å²) in [6.07, 6.45) is 0.00812. The van der Waals surface area contributed by atoms with Crippen LogP contribution in [0.5, 0.6) is 11.5 Å². The summed E-state index contributed by atoms with van der Waals surface area (Å²) in [6, 6.07) is 7.86. The first-order valence-corrected chi connectivity index (χ1v) is 10.4. The van der Waals surface area contributed by atoms with Gasteiger partial charge in [-0.25, -0.2) is 0 Å². The summed E-state index contributed by atoms with van der Waals surface area (Å²) in [5, 5.41) is 12.9. The van der Waals surface area contributed by atoms with E-state index in [2.05, 4.69) is 0 Å². The van der Waals surface area contributed by atoms with Crippen molar-refractivity contribution in [1.29, 1.82) is 0 Å². The highest BCUT2D eigenvalue weighted by Crippen LogP contribution is 2.41. The minimum Gasteiger partial charge on any atom is -0.507 e. The molecule has 0 aliphatic carbocycles. The molecule has 1 amide bonds. The number of hydrogen-bond acceptors (Lipinski definition) is 7. The van der Waals surface area contributed by atoms with Crippen molar-refractivity contribution in [2.45, 2.75) is 26.0 Å². The van der Waals surface area contributed by atoms with Gasteiger partial charge in [-0.1, -0.05) is 6.07 Å². The predicted octanol–water partition coefficient (Wildman–Crippen LogP) is 3.61. The van der Waals surface area contributed by atoms with Crippen LogP contribution in [-0.4, -0.2) is 55.2 Å². The first-order chi connectivity index (χ1) is 14.4. The summed E-state index contributed by atoms with van der Waals surface area (Å²) >= 11 is 1.42. The number of benzene rings is 1. The number of hydrogen-bond donors (Lipinski definition) is 1. The van der Waals surface area contributed by atoms with Crippen molar-refractivity contribution in [3.8, 4) is 11.5 Å². The molecule has 0 bridgehead atoms. The fourth-order valence-corrected chi connectivity index (χ4v) is 4.22. The van der Waals surface area contributed by atoms with Crippen LogP contribution in [-0.2, 0) is 14.3 Å². The molecule has 1 atom stereocenters. The molecule has 8 heteroatoms. The lowest BCUT2D eigenvalue weighted by Crippen LogP contribution is -2.33. The van der Waals surface area contributed by atoms with Crippen LogP contribution in [0.15, 0.2) is 41.3 Å². The normalized spacial score (nSPS) is 18.3. The van der Waals surface area contributed by atoms with E-state index in [4.69, 9.17) is 14.2 Å². The summed E-state index contributed by atoms with van der Waals surface area (Å²) in [7, 11) is 3.00. The second-order valence-corrected chi connectivity index (χ2v) is 7.98. The number of carbonyl (C=O) groups is 2. The molecule has 1 aromatic carbocycles. The van der Waals surface area contributed by atoms with Crippen LogP contribution in [0.2, 0.25) is 0 Å². The number of ketones is 1. The van der Waals surface area contributed by atoms with Crippen molar-refractivity contribution in [2.24, 2.45) is 0 Å². The number of aliphatic hydroxyl groups is 1. The van der Waals surface area contributed by atoms with E-state index in [0.29, 0.717) is 23.7 Å². The van der Waals surface area contributed by atoms with Crippen molar-refractivity contribution in [3.05, 3.63) is 51.7 Å². The highest BCUT2D eigenvalue weighted by molar-refractivity contribution is 7.10. The lowest BCUT2D eigenvalue weighted by molar-refractivity contribution is -0.140. The Morgan fingerprint density at radius 3 is 2.50 bits per heavy atom. The molecule has 7 nitrogen and oxygen atoms in total. The molecule has 0 radical (unpaired) electrons. The van der Waals surface area contributed by atoms with Gasteiger partial charge in [-0.15, -0.1) is 11.3 Å². The maximum atomic E-state index is 12.9. The van der Waals surface area contributed by atoms with Crippen molar-refractivity contribution in [2.75, 3.05) is 27.4 Å². The van der Waals surface area contributed by atoms with Crippen LogP contribution in [0.4, 0.5) is 0 Å². The van der Waals surface area contributed by atoms with E-state index in [1.165, 1.54) is 30.5 Å². The molecule has 160 valence electrons. The minimum atomic E-state index is -0.717. The number of methoxy groups -OCH3 is 2. The second kappa shape index (κ2) is 9.32. The zero-order valence-corrected chi connectivity index (χ0v) is 18.2. The quantitative estimate of drug-likeness (QED) is 0.390. The Bertz CT molecular complexity index is 951. The number of ether oxygens (including phenoxy) is 3. The van der Waals surface area contributed by atoms with Crippen molar-refractivity contribution in [1.82, 2.24) is 4.90 Å². The van der Waals surface area contributed by atoms with Crippen LogP contribution in [0.3, 0.4) is 0 Å². The lowest BCUT2D eigenvalue weighted by atomic mass is 9.99.